The Labute approximate surface area is 122 Å². The van der Waals surface area contributed by atoms with E-state index in [0.29, 0.717) is 19.8 Å². The molecular weight excluding hydrogens is 286 g/mol. The van der Waals surface area contributed by atoms with Crippen LogP contribution in [0, 0.1) is 0 Å². The van der Waals surface area contributed by atoms with Crippen molar-refractivity contribution >= 4 is 29.3 Å². The first-order chi connectivity index (χ1) is 9.22. The lowest BCUT2D eigenvalue weighted by molar-refractivity contribution is -0.125. The maximum absolute atomic E-state index is 11.4. The fourth-order valence-corrected chi connectivity index (χ4v) is 2.14. The number of halogens is 1. The molecule has 106 valence electrons. The summed E-state index contributed by atoms with van der Waals surface area (Å²) in [7, 11) is 1.59. The predicted octanol–water partition coefficient (Wildman–Crippen LogP) is 2.21. The lowest BCUT2D eigenvalue weighted by atomic mass is 10.4. The van der Waals surface area contributed by atoms with Crippen LogP contribution < -0.4 is 5.32 Å². The van der Waals surface area contributed by atoms with Gasteiger partial charge in [-0.3, -0.25) is 4.79 Å². The second-order valence-corrected chi connectivity index (χ2v) is 5.30. The van der Waals surface area contributed by atoms with E-state index in [1.165, 1.54) is 0 Å². The summed E-state index contributed by atoms with van der Waals surface area (Å²) in [5.41, 5.74) is 0. The minimum atomic E-state index is -0.104. The summed E-state index contributed by atoms with van der Waals surface area (Å²) in [5.74, 6) is 0.707. The molecule has 4 nitrogen and oxygen atoms in total. The van der Waals surface area contributed by atoms with Gasteiger partial charge in [-0.1, -0.05) is 11.6 Å². The summed E-state index contributed by atoms with van der Waals surface area (Å²) >= 11 is 7.47. The van der Waals surface area contributed by atoms with Gasteiger partial charge in [0.25, 0.3) is 0 Å². The molecule has 0 aliphatic rings. The molecule has 0 heterocycles. The Morgan fingerprint density at radius 3 is 2.74 bits per heavy atom. The van der Waals surface area contributed by atoms with Crippen molar-refractivity contribution in [1.82, 2.24) is 5.32 Å². The molecular formula is C13H18ClNO3S. The molecule has 0 atom stereocenters. The zero-order valence-corrected chi connectivity index (χ0v) is 12.4. The minimum Gasteiger partial charge on any atom is -0.382 e. The van der Waals surface area contributed by atoms with Crippen LogP contribution in [0.5, 0.6) is 0 Å². The Morgan fingerprint density at radius 2 is 2.05 bits per heavy atom. The highest BCUT2D eigenvalue weighted by molar-refractivity contribution is 7.99. The number of carbonyl (C=O) groups excluding carboxylic acids is 1. The maximum atomic E-state index is 11.4. The normalized spacial score (nSPS) is 10.4. The van der Waals surface area contributed by atoms with Gasteiger partial charge in [0.15, 0.2) is 0 Å². The van der Waals surface area contributed by atoms with E-state index in [1.807, 2.05) is 24.3 Å². The van der Waals surface area contributed by atoms with E-state index in [0.717, 1.165) is 15.7 Å². The van der Waals surface area contributed by atoms with Gasteiger partial charge in [0.05, 0.1) is 13.2 Å². The smallest absolute Gasteiger partial charge is 0.246 e. The van der Waals surface area contributed by atoms with Crippen LogP contribution in [-0.4, -0.2) is 45.1 Å². The topological polar surface area (TPSA) is 47.6 Å². The Balaban J connectivity index is 2.03. The van der Waals surface area contributed by atoms with Gasteiger partial charge in [0.2, 0.25) is 5.91 Å². The molecule has 0 bridgehead atoms. The molecule has 6 heteroatoms. The molecule has 1 aromatic carbocycles. The number of thioether (sulfide) groups is 1. The molecule has 0 aliphatic carbocycles. The van der Waals surface area contributed by atoms with Crippen molar-refractivity contribution in [2.75, 3.05) is 39.2 Å². The number of ether oxygens (including phenoxy) is 2. The second kappa shape index (κ2) is 10.1. The van der Waals surface area contributed by atoms with E-state index in [9.17, 15) is 4.79 Å². The number of benzene rings is 1. The van der Waals surface area contributed by atoms with Crippen molar-refractivity contribution in [1.29, 1.82) is 0 Å². The van der Waals surface area contributed by atoms with Gasteiger partial charge in [-0.2, -0.15) is 0 Å². The van der Waals surface area contributed by atoms with Crippen molar-refractivity contribution < 1.29 is 14.3 Å². The number of hydrogen-bond acceptors (Lipinski definition) is 4. The highest BCUT2D eigenvalue weighted by atomic mass is 35.5. The minimum absolute atomic E-state index is 0.0783. The average molecular weight is 304 g/mol. The number of carbonyl (C=O) groups is 1. The molecule has 1 amide bonds. The Kier molecular flexibility index (Phi) is 8.66. The molecule has 0 spiro atoms. The summed E-state index contributed by atoms with van der Waals surface area (Å²) < 4.78 is 9.92. The van der Waals surface area contributed by atoms with Crippen LogP contribution in [0.1, 0.15) is 0 Å². The predicted molar refractivity (Wildman–Crippen MR) is 77.9 cm³/mol. The van der Waals surface area contributed by atoms with Crippen LogP contribution >= 0.6 is 23.4 Å². The van der Waals surface area contributed by atoms with Gasteiger partial charge in [-0.25, -0.2) is 0 Å². The molecule has 0 saturated carbocycles. The molecule has 1 aromatic rings. The fraction of sp³-hybridized carbons (Fsp3) is 0.462. The Hall–Kier alpha value is -0.750. The van der Waals surface area contributed by atoms with Gasteiger partial charge >= 0.3 is 0 Å². The molecule has 1 N–H and O–H groups in total. The molecule has 0 unspecified atom stereocenters. The van der Waals surface area contributed by atoms with E-state index < -0.39 is 0 Å². The van der Waals surface area contributed by atoms with Gasteiger partial charge < -0.3 is 14.8 Å². The molecule has 0 fully saturated rings. The number of hydrogen-bond donors (Lipinski definition) is 1. The van der Waals surface area contributed by atoms with Crippen molar-refractivity contribution in [2.24, 2.45) is 0 Å². The van der Waals surface area contributed by atoms with Crippen LogP contribution in [0.3, 0.4) is 0 Å². The SMILES string of the molecule is COCCOCC(=O)NCCSc1ccc(Cl)cc1. The third kappa shape index (κ3) is 8.10. The van der Waals surface area contributed by atoms with E-state index in [1.54, 1.807) is 18.9 Å². The van der Waals surface area contributed by atoms with E-state index in [-0.39, 0.29) is 12.5 Å². The van der Waals surface area contributed by atoms with Crippen molar-refractivity contribution in [3.8, 4) is 0 Å². The number of rotatable bonds is 9. The largest absolute Gasteiger partial charge is 0.382 e. The number of nitrogens with one attached hydrogen (secondary N) is 1. The summed E-state index contributed by atoms with van der Waals surface area (Å²) in [5, 5.41) is 3.52. The zero-order chi connectivity index (χ0) is 13.9. The summed E-state index contributed by atoms with van der Waals surface area (Å²) in [6.07, 6.45) is 0. The fourth-order valence-electron chi connectivity index (χ4n) is 1.25. The lowest BCUT2D eigenvalue weighted by Gasteiger charge is -2.06. The van der Waals surface area contributed by atoms with Crippen LogP contribution in [0.15, 0.2) is 29.2 Å². The second-order valence-electron chi connectivity index (χ2n) is 3.70. The summed E-state index contributed by atoms with van der Waals surface area (Å²) in [6.45, 7) is 1.62. The van der Waals surface area contributed by atoms with Gasteiger partial charge in [0, 0.05) is 29.3 Å². The average Bonchev–Trinajstić information content (AvgIpc) is 2.42. The first-order valence-electron chi connectivity index (χ1n) is 5.94. The van der Waals surface area contributed by atoms with Crippen molar-refractivity contribution in [3.63, 3.8) is 0 Å². The third-order valence-electron chi connectivity index (χ3n) is 2.17. The standard InChI is InChI=1S/C13H18ClNO3S/c1-17-7-8-18-10-13(16)15-6-9-19-12-4-2-11(14)3-5-12/h2-5H,6-10H2,1H3,(H,15,16). The molecule has 0 aliphatic heterocycles. The van der Waals surface area contributed by atoms with E-state index in [2.05, 4.69) is 5.32 Å². The Morgan fingerprint density at radius 1 is 1.32 bits per heavy atom. The highest BCUT2D eigenvalue weighted by Crippen LogP contribution is 2.19. The zero-order valence-electron chi connectivity index (χ0n) is 10.9. The first-order valence-corrected chi connectivity index (χ1v) is 7.30. The van der Waals surface area contributed by atoms with Crippen LogP contribution in [0.2, 0.25) is 5.02 Å². The molecule has 1 rings (SSSR count). The van der Waals surface area contributed by atoms with Crippen LogP contribution in [0.4, 0.5) is 0 Å². The van der Waals surface area contributed by atoms with Gasteiger partial charge in [0.1, 0.15) is 6.61 Å². The van der Waals surface area contributed by atoms with Crippen LogP contribution in [-0.2, 0) is 14.3 Å². The number of amides is 1. The van der Waals surface area contributed by atoms with E-state index >= 15 is 0 Å². The molecule has 0 saturated heterocycles. The monoisotopic (exact) mass is 303 g/mol. The van der Waals surface area contributed by atoms with Gasteiger partial charge in [-0.15, -0.1) is 11.8 Å². The first kappa shape index (κ1) is 16.3. The molecule has 0 aromatic heterocycles. The summed E-state index contributed by atoms with van der Waals surface area (Å²) in [4.78, 5) is 12.5. The molecule has 0 radical (unpaired) electrons. The lowest BCUT2D eigenvalue weighted by Crippen LogP contribution is -2.29. The Bertz CT molecular complexity index is 373. The molecule has 19 heavy (non-hydrogen) atoms. The highest BCUT2D eigenvalue weighted by Gasteiger charge is 2.00. The van der Waals surface area contributed by atoms with E-state index in [4.69, 9.17) is 21.1 Å². The van der Waals surface area contributed by atoms with Crippen molar-refractivity contribution in [2.45, 2.75) is 4.90 Å². The number of methoxy groups -OCH3 is 1. The quantitative estimate of drug-likeness (QED) is 0.561. The maximum Gasteiger partial charge on any atom is 0.246 e. The van der Waals surface area contributed by atoms with Crippen molar-refractivity contribution in [3.05, 3.63) is 29.3 Å². The van der Waals surface area contributed by atoms with Gasteiger partial charge in [-0.05, 0) is 24.3 Å². The summed E-state index contributed by atoms with van der Waals surface area (Å²) in [6, 6.07) is 7.63. The third-order valence-corrected chi connectivity index (χ3v) is 3.44. The van der Waals surface area contributed by atoms with Crippen LogP contribution in [0.25, 0.3) is 0 Å².